The first-order valence-corrected chi connectivity index (χ1v) is 14.5. The second-order valence-corrected chi connectivity index (χ2v) is 12.2. The Morgan fingerprint density at radius 3 is 1.53 bits per heavy atom. The van der Waals surface area contributed by atoms with Crippen LogP contribution < -0.4 is 10.6 Å². The maximum atomic E-state index is 13.1. The molecule has 0 radical (unpaired) electrons. The average molecular weight is 619 g/mol. The molecule has 3 N–H and O–H groups in total. The average Bonchev–Trinajstić information content (AvgIpc) is 2.85. The zero-order chi connectivity index (χ0) is 33.5. The summed E-state index contributed by atoms with van der Waals surface area (Å²) >= 11 is 0. The number of nitrogens with one attached hydrogen (secondary N) is 2. The number of alkyl carbamates (subject to hydrolysis) is 2. The van der Waals surface area contributed by atoms with E-state index in [1.165, 1.54) is 0 Å². The van der Waals surface area contributed by atoms with Gasteiger partial charge in [0.25, 0.3) is 6.29 Å². The number of esters is 3. The van der Waals surface area contributed by atoms with Crippen molar-refractivity contribution in [1.82, 2.24) is 10.6 Å². The van der Waals surface area contributed by atoms with Crippen molar-refractivity contribution < 1.29 is 57.6 Å². The molecule has 14 heteroatoms. The number of rotatable bonds is 16. The minimum atomic E-state index is -1.57. The molecule has 0 aromatic heterocycles. The fourth-order valence-corrected chi connectivity index (χ4v) is 3.31. The molecule has 0 spiro atoms. The molecule has 5 atom stereocenters. The highest BCUT2D eigenvalue weighted by molar-refractivity contribution is 5.83. The van der Waals surface area contributed by atoms with Crippen LogP contribution in [-0.2, 0) is 42.9 Å². The lowest BCUT2D eigenvalue weighted by molar-refractivity contribution is -0.193. The van der Waals surface area contributed by atoms with Crippen LogP contribution in [0.15, 0.2) is 0 Å². The highest BCUT2D eigenvalue weighted by atomic mass is 16.7. The van der Waals surface area contributed by atoms with Gasteiger partial charge in [-0.25, -0.2) is 19.2 Å². The molecule has 0 aliphatic rings. The number of aliphatic carboxylic acids is 1. The minimum absolute atomic E-state index is 0.310. The van der Waals surface area contributed by atoms with Gasteiger partial charge in [-0.3, -0.25) is 9.59 Å². The van der Waals surface area contributed by atoms with Crippen LogP contribution in [0.25, 0.3) is 0 Å². The topological polar surface area (TPSA) is 193 Å². The zero-order valence-corrected chi connectivity index (χ0v) is 27.1. The Hall–Kier alpha value is -3.58. The van der Waals surface area contributed by atoms with Crippen molar-refractivity contribution in [1.29, 1.82) is 0 Å². The Morgan fingerprint density at radius 1 is 0.698 bits per heavy atom. The normalized spacial score (nSPS) is 15.0. The summed E-state index contributed by atoms with van der Waals surface area (Å²) in [5.74, 6) is -4.64. The maximum Gasteiger partial charge on any atom is 0.408 e. The zero-order valence-electron chi connectivity index (χ0n) is 27.1. The van der Waals surface area contributed by atoms with E-state index < -0.39 is 84.4 Å². The molecule has 0 saturated heterocycles. The van der Waals surface area contributed by atoms with Crippen molar-refractivity contribution in [2.45, 2.75) is 131 Å². The lowest BCUT2D eigenvalue weighted by atomic mass is 9.99. The summed E-state index contributed by atoms with van der Waals surface area (Å²) in [4.78, 5) is 73.8. The van der Waals surface area contributed by atoms with Crippen molar-refractivity contribution >= 4 is 36.1 Å². The smallest absolute Gasteiger partial charge is 0.408 e. The van der Waals surface area contributed by atoms with Gasteiger partial charge in [-0.15, -0.1) is 0 Å². The number of hydrogen-bond donors (Lipinski definition) is 3. The summed E-state index contributed by atoms with van der Waals surface area (Å²) in [5.41, 5.74) is -1.62. The second-order valence-electron chi connectivity index (χ2n) is 12.2. The number of amides is 2. The van der Waals surface area contributed by atoms with Crippen molar-refractivity contribution in [2.75, 3.05) is 6.61 Å². The van der Waals surface area contributed by atoms with Gasteiger partial charge in [0, 0.05) is 0 Å². The Morgan fingerprint density at radius 2 is 1.14 bits per heavy atom. The van der Waals surface area contributed by atoms with Gasteiger partial charge in [0.1, 0.15) is 23.3 Å². The predicted molar refractivity (Wildman–Crippen MR) is 154 cm³/mol. The second kappa shape index (κ2) is 18.2. The molecule has 248 valence electrons. The van der Waals surface area contributed by atoms with Gasteiger partial charge in [0.15, 0.2) is 0 Å². The molecule has 14 nitrogen and oxygen atoms in total. The third-order valence-corrected chi connectivity index (χ3v) is 5.93. The van der Waals surface area contributed by atoms with Crippen molar-refractivity contribution in [3.63, 3.8) is 0 Å². The molecule has 1 unspecified atom stereocenters. The van der Waals surface area contributed by atoms with Gasteiger partial charge in [0.05, 0.1) is 25.9 Å². The van der Waals surface area contributed by atoms with Crippen LogP contribution in [0.2, 0.25) is 0 Å². The predicted octanol–water partition coefficient (Wildman–Crippen LogP) is 4.08. The summed E-state index contributed by atoms with van der Waals surface area (Å²) in [5, 5.41) is 13.9. The van der Waals surface area contributed by atoms with E-state index in [0.717, 1.165) is 0 Å². The van der Waals surface area contributed by atoms with Crippen molar-refractivity contribution in [3.05, 3.63) is 0 Å². The molecule has 2 amide bonds. The van der Waals surface area contributed by atoms with Crippen LogP contribution in [0.1, 0.15) is 101 Å². The van der Waals surface area contributed by atoms with E-state index in [4.69, 9.17) is 28.8 Å². The van der Waals surface area contributed by atoms with Crippen molar-refractivity contribution in [3.8, 4) is 0 Å². The van der Waals surface area contributed by atoms with Gasteiger partial charge in [-0.05, 0) is 53.4 Å². The highest BCUT2D eigenvalue weighted by Gasteiger charge is 2.33. The molecule has 0 aromatic rings. The summed E-state index contributed by atoms with van der Waals surface area (Å²) in [6.07, 6.45) is -3.56. The Labute approximate surface area is 253 Å². The largest absolute Gasteiger partial charge is 0.481 e. The molecular formula is C29H50N2O12. The highest BCUT2D eigenvalue weighted by Crippen LogP contribution is 2.16. The van der Waals surface area contributed by atoms with E-state index in [2.05, 4.69) is 10.6 Å². The van der Waals surface area contributed by atoms with Gasteiger partial charge < -0.3 is 39.4 Å². The molecule has 0 heterocycles. The van der Waals surface area contributed by atoms with Crippen LogP contribution >= 0.6 is 0 Å². The van der Waals surface area contributed by atoms with E-state index >= 15 is 0 Å². The molecule has 0 fully saturated rings. The summed E-state index contributed by atoms with van der Waals surface area (Å²) in [6.45, 7) is 16.7. The Kier molecular flexibility index (Phi) is 16.7. The number of carbonyl (C=O) groups excluding carboxylic acids is 5. The first kappa shape index (κ1) is 39.4. The summed E-state index contributed by atoms with van der Waals surface area (Å²) < 4.78 is 26.4. The number of ether oxygens (including phenoxy) is 5. The monoisotopic (exact) mass is 618 g/mol. The van der Waals surface area contributed by atoms with Crippen molar-refractivity contribution in [2.24, 2.45) is 11.8 Å². The van der Waals surface area contributed by atoms with Crippen LogP contribution in [0, 0.1) is 11.8 Å². The van der Waals surface area contributed by atoms with Gasteiger partial charge in [-0.2, -0.15) is 0 Å². The lowest BCUT2D eigenvalue weighted by Gasteiger charge is -2.27. The molecular weight excluding hydrogens is 568 g/mol. The van der Waals surface area contributed by atoms with E-state index in [-0.39, 0.29) is 18.9 Å². The summed E-state index contributed by atoms with van der Waals surface area (Å²) in [6, 6.07) is -2.22. The maximum absolute atomic E-state index is 13.1. The lowest BCUT2D eigenvalue weighted by Crippen LogP contribution is -2.49. The number of hydrogen-bond acceptors (Lipinski definition) is 11. The number of carboxylic acid groups (broad SMARTS) is 1. The van der Waals surface area contributed by atoms with E-state index in [0.29, 0.717) is 12.8 Å². The van der Waals surface area contributed by atoms with Crippen LogP contribution in [0.3, 0.4) is 0 Å². The fraction of sp³-hybridized carbons (Fsp3) is 0.793. The van der Waals surface area contributed by atoms with Gasteiger partial charge in [0.2, 0.25) is 0 Å². The molecule has 43 heavy (non-hydrogen) atoms. The Bertz CT molecular complexity index is 954. The minimum Gasteiger partial charge on any atom is -0.481 e. The quantitative estimate of drug-likeness (QED) is 0.128. The van der Waals surface area contributed by atoms with Gasteiger partial charge >= 0.3 is 36.1 Å². The fourth-order valence-electron chi connectivity index (χ4n) is 3.31. The van der Waals surface area contributed by atoms with Crippen LogP contribution in [0.4, 0.5) is 9.59 Å². The van der Waals surface area contributed by atoms with Gasteiger partial charge in [-0.1, -0.05) is 40.5 Å². The molecule has 0 bridgehead atoms. The number of carbonyl (C=O) groups is 6. The molecule has 0 aromatic carbocycles. The Balaban J connectivity index is 5.67. The van der Waals surface area contributed by atoms with Crippen LogP contribution in [-0.4, -0.2) is 77.4 Å². The number of carboxylic acids is 1. The third kappa shape index (κ3) is 17.9. The molecule has 0 aliphatic carbocycles. The molecule has 0 aliphatic heterocycles. The molecule has 0 rings (SSSR count). The van der Waals surface area contributed by atoms with E-state index in [1.807, 2.05) is 6.92 Å². The van der Waals surface area contributed by atoms with E-state index in [1.54, 1.807) is 62.3 Å². The first-order valence-electron chi connectivity index (χ1n) is 14.5. The SMILES string of the molecule is CC[C@H](C)[C@H](NC(=O)OC(C)(C)C)C(=O)OCCC(OC(=O)CCC(=O)O)OC(=O)[C@@H](NC(=O)OC(C)(C)C)[C@@H](C)CC. The molecule has 0 saturated carbocycles. The van der Waals surface area contributed by atoms with E-state index in [9.17, 15) is 28.8 Å². The first-order chi connectivity index (χ1) is 19.7. The summed E-state index contributed by atoms with van der Waals surface area (Å²) in [7, 11) is 0. The van der Waals surface area contributed by atoms with Crippen LogP contribution in [0.5, 0.6) is 0 Å². The standard InChI is InChI=1S/C29H50N2O12/c1-11-17(3)22(30-26(37)42-28(5,6)7)24(35)39-16-15-21(40-20(34)14-13-19(32)33)41-25(36)23(18(4)12-2)31-27(38)43-29(8,9)10/h17-18,21-23H,11-16H2,1-10H3,(H,30,37)(H,31,38)(H,32,33)/t17-,18-,21?,22-,23-/m0/s1. The third-order valence-electron chi connectivity index (χ3n) is 5.93.